The number of nitrogens with zero attached hydrogens (tertiary/aromatic N) is 4. The zero-order chi connectivity index (χ0) is 16.2. The zero-order valence-corrected chi connectivity index (χ0v) is 13.3. The Morgan fingerprint density at radius 1 is 1.27 bits per heavy atom. The first kappa shape index (κ1) is 15.9. The van der Waals surface area contributed by atoms with Gasteiger partial charge in [0.15, 0.2) is 5.82 Å². The smallest absolute Gasteiger partial charge is 0.220 e. The van der Waals surface area contributed by atoms with Gasteiger partial charge in [0.25, 0.3) is 0 Å². The van der Waals surface area contributed by atoms with Crippen LogP contribution in [0.15, 0.2) is 24.3 Å². The van der Waals surface area contributed by atoms with E-state index < -0.39 is 0 Å². The number of carbonyl (C=O) groups excluding carboxylic acids is 1. The number of rotatable bonds is 5. The van der Waals surface area contributed by atoms with Crippen molar-refractivity contribution in [3.8, 4) is 11.4 Å². The number of carbonyl (C=O) groups is 1. The van der Waals surface area contributed by atoms with E-state index in [4.69, 9.17) is 4.74 Å². The van der Waals surface area contributed by atoms with E-state index in [-0.39, 0.29) is 17.9 Å². The lowest BCUT2D eigenvalue weighted by Gasteiger charge is -2.17. The Balaban J connectivity index is 2.04. The molecule has 0 radical (unpaired) electrons. The fraction of sp³-hybridized carbons (Fsp3) is 0.467. The van der Waals surface area contributed by atoms with Crippen LogP contribution in [-0.2, 0) is 11.3 Å². The molecule has 0 bridgehead atoms. The SMILES string of the molecule is COc1ccc(-n2nnnc2CNC(=O)CC(C)(C)C)cc1. The van der Waals surface area contributed by atoms with Gasteiger partial charge in [-0.05, 0) is 40.1 Å². The number of hydrogen-bond acceptors (Lipinski definition) is 5. The summed E-state index contributed by atoms with van der Waals surface area (Å²) in [4.78, 5) is 11.9. The fourth-order valence-corrected chi connectivity index (χ4v) is 1.96. The van der Waals surface area contributed by atoms with Gasteiger partial charge in [-0.2, -0.15) is 4.68 Å². The highest BCUT2D eigenvalue weighted by atomic mass is 16.5. The minimum atomic E-state index is -0.0496. The summed E-state index contributed by atoms with van der Waals surface area (Å²) in [6, 6.07) is 7.38. The summed E-state index contributed by atoms with van der Waals surface area (Å²) in [5.74, 6) is 1.32. The molecule has 0 unspecified atom stereocenters. The fourth-order valence-electron chi connectivity index (χ4n) is 1.96. The Hall–Kier alpha value is -2.44. The molecule has 7 heteroatoms. The highest BCUT2D eigenvalue weighted by Crippen LogP contribution is 2.18. The van der Waals surface area contributed by atoms with E-state index in [2.05, 4.69) is 20.8 Å². The Bertz CT molecular complexity index is 628. The number of amides is 1. The molecule has 0 fully saturated rings. The predicted octanol–water partition coefficient (Wildman–Crippen LogP) is 1.72. The molecular formula is C15H21N5O2. The first-order chi connectivity index (χ1) is 10.4. The molecule has 0 saturated carbocycles. The van der Waals surface area contributed by atoms with Gasteiger partial charge >= 0.3 is 0 Å². The maximum atomic E-state index is 11.9. The minimum absolute atomic E-state index is 0.0169. The van der Waals surface area contributed by atoms with Gasteiger partial charge in [0, 0.05) is 6.42 Å². The van der Waals surface area contributed by atoms with Crippen molar-refractivity contribution in [2.45, 2.75) is 33.7 Å². The number of hydrogen-bond donors (Lipinski definition) is 1. The zero-order valence-electron chi connectivity index (χ0n) is 13.3. The molecule has 0 saturated heterocycles. The van der Waals surface area contributed by atoms with Crippen LogP contribution < -0.4 is 10.1 Å². The standard InChI is InChI=1S/C15H21N5O2/c1-15(2,3)9-14(21)16-10-13-17-18-19-20(13)11-5-7-12(22-4)8-6-11/h5-8H,9-10H2,1-4H3,(H,16,21). The molecule has 1 N–H and O–H groups in total. The lowest BCUT2D eigenvalue weighted by molar-refractivity contribution is -0.123. The van der Waals surface area contributed by atoms with Crippen molar-refractivity contribution >= 4 is 5.91 Å². The molecule has 1 aromatic carbocycles. The van der Waals surface area contributed by atoms with Gasteiger partial charge < -0.3 is 10.1 Å². The van der Waals surface area contributed by atoms with Crippen LogP contribution in [-0.4, -0.2) is 33.2 Å². The summed E-state index contributed by atoms with van der Waals surface area (Å²) < 4.78 is 6.72. The lowest BCUT2D eigenvalue weighted by atomic mass is 9.92. The molecule has 0 spiro atoms. The molecule has 1 aromatic heterocycles. The third kappa shape index (κ3) is 4.28. The highest BCUT2D eigenvalue weighted by molar-refractivity contribution is 5.76. The average Bonchev–Trinajstić information content (AvgIpc) is 2.92. The van der Waals surface area contributed by atoms with Crippen molar-refractivity contribution in [2.24, 2.45) is 5.41 Å². The van der Waals surface area contributed by atoms with Crippen LogP contribution >= 0.6 is 0 Å². The number of tetrazole rings is 1. The molecular weight excluding hydrogens is 282 g/mol. The van der Waals surface area contributed by atoms with Gasteiger partial charge in [-0.25, -0.2) is 0 Å². The molecule has 7 nitrogen and oxygen atoms in total. The van der Waals surface area contributed by atoms with Crippen LogP contribution in [0.4, 0.5) is 0 Å². The molecule has 118 valence electrons. The number of aromatic nitrogens is 4. The first-order valence-electron chi connectivity index (χ1n) is 7.07. The van der Waals surface area contributed by atoms with E-state index in [0.29, 0.717) is 12.2 Å². The monoisotopic (exact) mass is 303 g/mol. The third-order valence-corrected chi connectivity index (χ3v) is 2.99. The largest absolute Gasteiger partial charge is 0.497 e. The van der Waals surface area contributed by atoms with Crippen LogP contribution in [0.25, 0.3) is 5.69 Å². The number of ether oxygens (including phenoxy) is 1. The Kier molecular flexibility index (Phi) is 4.75. The second-order valence-corrected chi connectivity index (χ2v) is 6.22. The summed E-state index contributed by atoms with van der Waals surface area (Å²) in [5.41, 5.74) is 0.761. The van der Waals surface area contributed by atoms with Crippen molar-refractivity contribution < 1.29 is 9.53 Å². The van der Waals surface area contributed by atoms with Crippen molar-refractivity contribution in [1.82, 2.24) is 25.5 Å². The highest BCUT2D eigenvalue weighted by Gasteiger charge is 2.16. The van der Waals surface area contributed by atoms with E-state index in [9.17, 15) is 4.79 Å². The number of methoxy groups -OCH3 is 1. The van der Waals surface area contributed by atoms with Gasteiger partial charge in [-0.1, -0.05) is 20.8 Å². The Labute approximate surface area is 129 Å². The van der Waals surface area contributed by atoms with Crippen molar-refractivity contribution in [3.63, 3.8) is 0 Å². The lowest BCUT2D eigenvalue weighted by Crippen LogP contribution is -2.28. The van der Waals surface area contributed by atoms with Gasteiger partial charge in [0.05, 0.1) is 19.3 Å². The molecule has 22 heavy (non-hydrogen) atoms. The molecule has 2 rings (SSSR count). The molecule has 0 atom stereocenters. The van der Waals surface area contributed by atoms with E-state index >= 15 is 0 Å². The van der Waals surface area contributed by atoms with Gasteiger partial charge in [-0.15, -0.1) is 5.10 Å². The summed E-state index contributed by atoms with van der Waals surface area (Å²) >= 11 is 0. The molecule has 1 amide bonds. The predicted molar refractivity (Wildman–Crippen MR) is 81.6 cm³/mol. The summed E-state index contributed by atoms with van der Waals surface area (Å²) in [5, 5.41) is 14.4. The molecule has 2 aromatic rings. The van der Waals surface area contributed by atoms with Crippen LogP contribution in [0.5, 0.6) is 5.75 Å². The number of benzene rings is 1. The van der Waals surface area contributed by atoms with Crippen molar-refractivity contribution in [2.75, 3.05) is 7.11 Å². The average molecular weight is 303 g/mol. The second-order valence-electron chi connectivity index (χ2n) is 6.22. The van der Waals surface area contributed by atoms with E-state index in [1.54, 1.807) is 11.8 Å². The molecule has 0 aliphatic carbocycles. The Morgan fingerprint density at radius 3 is 2.55 bits per heavy atom. The maximum Gasteiger partial charge on any atom is 0.220 e. The van der Waals surface area contributed by atoms with E-state index in [1.165, 1.54) is 0 Å². The first-order valence-corrected chi connectivity index (χ1v) is 7.07. The summed E-state index contributed by atoms with van der Waals surface area (Å²) in [7, 11) is 1.61. The topological polar surface area (TPSA) is 81.9 Å². The van der Waals surface area contributed by atoms with Crippen LogP contribution in [0.1, 0.15) is 33.0 Å². The quantitative estimate of drug-likeness (QED) is 0.909. The van der Waals surface area contributed by atoms with Crippen LogP contribution in [0, 0.1) is 5.41 Å². The van der Waals surface area contributed by atoms with Gasteiger partial charge in [0.2, 0.25) is 5.91 Å². The van der Waals surface area contributed by atoms with Gasteiger partial charge in [0.1, 0.15) is 5.75 Å². The van der Waals surface area contributed by atoms with Crippen molar-refractivity contribution in [1.29, 1.82) is 0 Å². The third-order valence-electron chi connectivity index (χ3n) is 2.99. The van der Waals surface area contributed by atoms with Crippen LogP contribution in [0.2, 0.25) is 0 Å². The Morgan fingerprint density at radius 2 is 1.95 bits per heavy atom. The maximum absolute atomic E-state index is 11.9. The van der Waals surface area contributed by atoms with E-state index in [1.807, 2.05) is 45.0 Å². The van der Waals surface area contributed by atoms with Crippen LogP contribution in [0.3, 0.4) is 0 Å². The second kappa shape index (κ2) is 6.55. The number of nitrogens with one attached hydrogen (secondary N) is 1. The van der Waals surface area contributed by atoms with E-state index in [0.717, 1.165) is 11.4 Å². The normalized spacial score (nSPS) is 11.3. The molecule has 1 heterocycles. The summed E-state index contributed by atoms with van der Waals surface area (Å²) in [6.07, 6.45) is 0.455. The molecule has 0 aliphatic heterocycles. The minimum Gasteiger partial charge on any atom is -0.497 e. The molecule has 0 aliphatic rings. The summed E-state index contributed by atoms with van der Waals surface area (Å²) in [6.45, 7) is 6.35. The van der Waals surface area contributed by atoms with Crippen molar-refractivity contribution in [3.05, 3.63) is 30.1 Å². The van der Waals surface area contributed by atoms with Gasteiger partial charge in [-0.3, -0.25) is 4.79 Å².